The van der Waals surface area contributed by atoms with Crippen LogP contribution in [0.4, 0.5) is 0 Å². The molecule has 3 N–H and O–H groups in total. The molecule has 1 aliphatic heterocycles. The van der Waals surface area contributed by atoms with Crippen molar-refractivity contribution in [2.75, 3.05) is 40.0 Å². The van der Waals surface area contributed by atoms with Gasteiger partial charge in [-0.05, 0) is 31.6 Å². The molecular formula is C18H35N3O2. The van der Waals surface area contributed by atoms with Crippen LogP contribution in [0.15, 0.2) is 4.99 Å². The summed E-state index contributed by atoms with van der Waals surface area (Å²) >= 11 is 0. The molecule has 1 aliphatic carbocycles. The first-order valence-corrected chi connectivity index (χ1v) is 9.41. The molecule has 0 amide bonds. The normalized spacial score (nSPS) is 27.5. The van der Waals surface area contributed by atoms with E-state index in [0.717, 1.165) is 51.0 Å². The van der Waals surface area contributed by atoms with Gasteiger partial charge in [0.1, 0.15) is 0 Å². The molecule has 0 aromatic heterocycles. The van der Waals surface area contributed by atoms with Gasteiger partial charge in [0.2, 0.25) is 0 Å². The monoisotopic (exact) mass is 325 g/mol. The fourth-order valence-corrected chi connectivity index (χ4v) is 3.79. The van der Waals surface area contributed by atoms with E-state index in [1.165, 1.54) is 44.9 Å². The van der Waals surface area contributed by atoms with Gasteiger partial charge in [-0.15, -0.1) is 0 Å². The number of nitrogens with zero attached hydrogens (tertiary/aromatic N) is 1. The van der Waals surface area contributed by atoms with Crippen LogP contribution in [0.5, 0.6) is 0 Å². The maximum atomic E-state index is 9.31. The molecule has 0 spiro atoms. The maximum absolute atomic E-state index is 9.31. The van der Waals surface area contributed by atoms with Crippen molar-refractivity contribution < 1.29 is 9.84 Å². The minimum atomic E-state index is 0.0621. The van der Waals surface area contributed by atoms with Crippen molar-refractivity contribution in [3.63, 3.8) is 0 Å². The van der Waals surface area contributed by atoms with Gasteiger partial charge in [0.15, 0.2) is 5.96 Å². The van der Waals surface area contributed by atoms with E-state index in [1.54, 1.807) is 0 Å². The minimum absolute atomic E-state index is 0.0621. The summed E-state index contributed by atoms with van der Waals surface area (Å²) in [6, 6.07) is 0. The van der Waals surface area contributed by atoms with Crippen LogP contribution in [0, 0.1) is 11.3 Å². The Labute approximate surface area is 141 Å². The number of aliphatic hydroxyl groups excluding tert-OH is 1. The van der Waals surface area contributed by atoms with Crippen LogP contribution in [-0.4, -0.2) is 51.0 Å². The third kappa shape index (κ3) is 6.30. The van der Waals surface area contributed by atoms with Gasteiger partial charge in [0.25, 0.3) is 0 Å². The first-order valence-electron chi connectivity index (χ1n) is 9.41. The van der Waals surface area contributed by atoms with Gasteiger partial charge in [-0.25, -0.2) is 0 Å². The number of guanidine groups is 1. The highest BCUT2D eigenvalue weighted by atomic mass is 16.5. The Bertz CT molecular complexity index is 346. The van der Waals surface area contributed by atoms with Crippen LogP contribution < -0.4 is 10.6 Å². The lowest BCUT2D eigenvalue weighted by molar-refractivity contribution is 0.127. The van der Waals surface area contributed by atoms with Crippen molar-refractivity contribution in [1.82, 2.24) is 10.6 Å². The Kier molecular flexibility index (Phi) is 8.17. The number of hydrogen-bond donors (Lipinski definition) is 3. The topological polar surface area (TPSA) is 65.9 Å². The lowest BCUT2D eigenvalue weighted by Gasteiger charge is -2.28. The lowest BCUT2D eigenvalue weighted by atomic mass is 9.84. The second-order valence-electron chi connectivity index (χ2n) is 7.29. The average Bonchev–Trinajstić information content (AvgIpc) is 2.98. The average molecular weight is 325 g/mol. The molecule has 0 radical (unpaired) electrons. The molecular weight excluding hydrogens is 290 g/mol. The van der Waals surface area contributed by atoms with Crippen molar-refractivity contribution in [3.8, 4) is 0 Å². The summed E-state index contributed by atoms with van der Waals surface area (Å²) < 4.78 is 5.55. The van der Waals surface area contributed by atoms with Crippen molar-refractivity contribution in [2.24, 2.45) is 16.3 Å². The molecule has 0 bridgehead atoms. The van der Waals surface area contributed by atoms with Gasteiger partial charge in [-0.3, -0.25) is 4.99 Å². The second-order valence-corrected chi connectivity index (χ2v) is 7.29. The summed E-state index contributed by atoms with van der Waals surface area (Å²) in [7, 11) is 1.83. The third-order valence-electron chi connectivity index (χ3n) is 5.46. The Hall–Kier alpha value is -0.810. The molecule has 1 unspecified atom stereocenters. The van der Waals surface area contributed by atoms with Crippen LogP contribution in [0.2, 0.25) is 0 Å². The SMILES string of the molecule is CN=C(NCC1CCCCCCC1)NCC1(CCO)CCOC1. The zero-order valence-corrected chi connectivity index (χ0v) is 14.8. The van der Waals surface area contributed by atoms with Crippen LogP contribution in [0.25, 0.3) is 0 Å². The van der Waals surface area contributed by atoms with Gasteiger partial charge in [-0.2, -0.15) is 0 Å². The van der Waals surface area contributed by atoms with Crippen LogP contribution in [0.3, 0.4) is 0 Å². The lowest BCUT2D eigenvalue weighted by Crippen LogP contribution is -2.45. The number of hydrogen-bond acceptors (Lipinski definition) is 3. The van der Waals surface area contributed by atoms with Crippen LogP contribution in [0.1, 0.15) is 57.8 Å². The fraction of sp³-hybridized carbons (Fsp3) is 0.944. The number of aliphatic hydroxyl groups is 1. The molecule has 1 saturated heterocycles. The molecule has 2 fully saturated rings. The molecule has 1 heterocycles. The van der Waals surface area contributed by atoms with E-state index in [1.807, 2.05) is 7.05 Å². The first kappa shape index (κ1) is 18.5. The Morgan fingerprint density at radius 2 is 1.91 bits per heavy atom. The second kappa shape index (κ2) is 10.1. The quantitative estimate of drug-likeness (QED) is 0.518. The molecule has 0 aromatic carbocycles. The fourth-order valence-electron chi connectivity index (χ4n) is 3.79. The Balaban J connectivity index is 1.74. The molecule has 0 aromatic rings. The van der Waals surface area contributed by atoms with Gasteiger partial charge in [-0.1, -0.05) is 32.1 Å². The first-order chi connectivity index (χ1) is 11.3. The van der Waals surface area contributed by atoms with Crippen LogP contribution in [-0.2, 0) is 4.74 Å². The predicted molar refractivity (Wildman–Crippen MR) is 94.7 cm³/mol. The van der Waals surface area contributed by atoms with Crippen molar-refractivity contribution in [2.45, 2.75) is 57.8 Å². The summed E-state index contributed by atoms with van der Waals surface area (Å²) in [6.45, 7) is 3.59. The largest absolute Gasteiger partial charge is 0.396 e. The molecule has 5 heteroatoms. The molecule has 134 valence electrons. The number of ether oxygens (including phenoxy) is 1. The highest BCUT2D eigenvalue weighted by Crippen LogP contribution is 2.31. The summed E-state index contributed by atoms with van der Waals surface area (Å²) in [5, 5.41) is 16.3. The van der Waals surface area contributed by atoms with Gasteiger partial charge >= 0.3 is 0 Å². The van der Waals surface area contributed by atoms with Gasteiger partial charge < -0.3 is 20.5 Å². The highest BCUT2D eigenvalue weighted by molar-refractivity contribution is 5.79. The minimum Gasteiger partial charge on any atom is -0.396 e. The van der Waals surface area contributed by atoms with E-state index >= 15 is 0 Å². The summed E-state index contributed by atoms with van der Waals surface area (Å²) in [5.41, 5.74) is 0.0621. The zero-order valence-electron chi connectivity index (χ0n) is 14.8. The summed E-state index contributed by atoms with van der Waals surface area (Å²) in [4.78, 5) is 4.36. The maximum Gasteiger partial charge on any atom is 0.191 e. The Morgan fingerprint density at radius 3 is 2.52 bits per heavy atom. The van der Waals surface area contributed by atoms with E-state index in [4.69, 9.17) is 4.74 Å². The highest BCUT2D eigenvalue weighted by Gasteiger charge is 2.34. The van der Waals surface area contributed by atoms with Gasteiger partial charge in [0.05, 0.1) is 6.61 Å². The van der Waals surface area contributed by atoms with E-state index in [-0.39, 0.29) is 12.0 Å². The van der Waals surface area contributed by atoms with E-state index in [9.17, 15) is 5.11 Å². The van der Waals surface area contributed by atoms with Gasteiger partial charge in [0, 0.05) is 38.8 Å². The standard InChI is InChI=1S/C18H35N3O2/c1-19-17(20-13-16-7-5-3-2-4-6-8-16)21-14-18(9-11-22)10-12-23-15-18/h16,22H,2-15H2,1H3,(H2,19,20,21). The van der Waals surface area contributed by atoms with Crippen molar-refractivity contribution >= 4 is 5.96 Å². The summed E-state index contributed by atoms with van der Waals surface area (Å²) in [5.74, 6) is 1.66. The van der Waals surface area contributed by atoms with Crippen LogP contribution >= 0.6 is 0 Å². The zero-order chi connectivity index (χ0) is 16.4. The molecule has 1 atom stereocenters. The van der Waals surface area contributed by atoms with E-state index in [2.05, 4.69) is 15.6 Å². The van der Waals surface area contributed by atoms with E-state index < -0.39 is 0 Å². The van der Waals surface area contributed by atoms with Crippen molar-refractivity contribution in [3.05, 3.63) is 0 Å². The molecule has 23 heavy (non-hydrogen) atoms. The molecule has 2 rings (SSSR count). The third-order valence-corrected chi connectivity index (χ3v) is 5.46. The number of nitrogens with one attached hydrogen (secondary N) is 2. The Morgan fingerprint density at radius 1 is 1.17 bits per heavy atom. The predicted octanol–water partition coefficient (Wildman–Crippen LogP) is 2.30. The molecule has 1 saturated carbocycles. The number of rotatable bonds is 6. The molecule has 5 nitrogen and oxygen atoms in total. The summed E-state index contributed by atoms with van der Waals surface area (Å²) in [6.07, 6.45) is 11.4. The smallest absolute Gasteiger partial charge is 0.191 e. The molecule has 2 aliphatic rings. The van der Waals surface area contributed by atoms with Crippen molar-refractivity contribution in [1.29, 1.82) is 0 Å². The van der Waals surface area contributed by atoms with E-state index in [0.29, 0.717) is 0 Å². The number of aliphatic imine (C=N–C) groups is 1.